The van der Waals surface area contributed by atoms with Crippen molar-refractivity contribution < 1.29 is 10.0 Å². The van der Waals surface area contributed by atoms with Gasteiger partial charge in [0.25, 0.3) is 5.91 Å². The molecule has 1 aromatic heterocycles. The first-order chi connectivity index (χ1) is 8.95. The van der Waals surface area contributed by atoms with Crippen LogP contribution in [-0.2, 0) is 10.2 Å². The van der Waals surface area contributed by atoms with Gasteiger partial charge < -0.3 is 0 Å². The highest BCUT2D eigenvalue weighted by Gasteiger charge is 2.32. The van der Waals surface area contributed by atoms with Crippen LogP contribution in [0.2, 0.25) is 0 Å². The number of aromatic nitrogens is 1. The van der Waals surface area contributed by atoms with Crippen LogP contribution < -0.4 is 5.48 Å². The van der Waals surface area contributed by atoms with Crippen molar-refractivity contribution >= 4 is 17.2 Å². The summed E-state index contributed by atoms with van der Waals surface area (Å²) in [6, 6.07) is 8.08. The molecule has 0 unspecified atom stereocenters. The van der Waals surface area contributed by atoms with Crippen molar-refractivity contribution in [2.75, 3.05) is 0 Å². The van der Waals surface area contributed by atoms with Gasteiger partial charge in [-0.05, 0) is 20.8 Å². The Hall–Kier alpha value is -1.72. The van der Waals surface area contributed by atoms with Gasteiger partial charge in [-0.1, -0.05) is 29.8 Å². The normalized spacial score (nSPS) is 11.4. The summed E-state index contributed by atoms with van der Waals surface area (Å²) in [6.07, 6.45) is 0. The quantitative estimate of drug-likeness (QED) is 0.669. The van der Waals surface area contributed by atoms with E-state index in [-0.39, 0.29) is 0 Å². The van der Waals surface area contributed by atoms with Crippen LogP contribution in [0.5, 0.6) is 0 Å². The monoisotopic (exact) mass is 276 g/mol. The first-order valence-electron chi connectivity index (χ1n) is 5.92. The van der Waals surface area contributed by atoms with E-state index in [0.29, 0.717) is 5.69 Å². The van der Waals surface area contributed by atoms with Gasteiger partial charge in [-0.3, -0.25) is 10.0 Å². The highest BCUT2D eigenvalue weighted by Crippen LogP contribution is 2.30. The fourth-order valence-corrected chi connectivity index (χ4v) is 2.64. The third kappa shape index (κ3) is 2.67. The molecule has 0 aliphatic rings. The number of nitrogens with zero attached hydrogens (tertiary/aromatic N) is 1. The van der Waals surface area contributed by atoms with E-state index in [2.05, 4.69) is 4.98 Å². The molecule has 2 rings (SSSR count). The fourth-order valence-electron chi connectivity index (χ4n) is 1.65. The van der Waals surface area contributed by atoms with Crippen LogP contribution in [-0.4, -0.2) is 16.1 Å². The summed E-state index contributed by atoms with van der Waals surface area (Å²) in [7, 11) is 0. The number of rotatable bonds is 3. The average Bonchev–Trinajstić information content (AvgIpc) is 2.88. The number of benzene rings is 1. The van der Waals surface area contributed by atoms with Crippen molar-refractivity contribution in [1.82, 2.24) is 10.5 Å². The Balaban J connectivity index is 2.34. The third-order valence-corrected chi connectivity index (χ3v) is 4.00. The van der Waals surface area contributed by atoms with Crippen LogP contribution in [0, 0.1) is 6.92 Å². The molecule has 0 saturated heterocycles. The summed E-state index contributed by atoms with van der Waals surface area (Å²) in [5.41, 5.74) is 3.71. The zero-order chi connectivity index (χ0) is 14.0. The molecule has 0 atom stereocenters. The van der Waals surface area contributed by atoms with Crippen LogP contribution >= 0.6 is 11.3 Å². The highest BCUT2D eigenvalue weighted by atomic mass is 32.1. The Morgan fingerprint density at radius 1 is 1.32 bits per heavy atom. The van der Waals surface area contributed by atoms with E-state index in [0.717, 1.165) is 10.6 Å². The summed E-state index contributed by atoms with van der Waals surface area (Å²) < 4.78 is 0. The Bertz CT molecular complexity index is 588. The minimum absolute atomic E-state index is 0.465. The molecule has 100 valence electrons. The second kappa shape index (κ2) is 5.11. The Kier molecular flexibility index (Phi) is 3.68. The molecule has 0 aliphatic carbocycles. The van der Waals surface area contributed by atoms with E-state index in [4.69, 9.17) is 5.21 Å². The lowest BCUT2D eigenvalue weighted by molar-refractivity contribution is -0.134. The minimum atomic E-state index is -0.853. The van der Waals surface area contributed by atoms with Gasteiger partial charge in [-0.2, -0.15) is 0 Å². The van der Waals surface area contributed by atoms with Gasteiger partial charge in [-0.15, -0.1) is 11.3 Å². The lowest BCUT2D eigenvalue weighted by atomic mass is 9.89. The molecule has 2 aromatic rings. The summed E-state index contributed by atoms with van der Waals surface area (Å²) in [5, 5.41) is 11.5. The molecule has 0 saturated carbocycles. The highest BCUT2D eigenvalue weighted by molar-refractivity contribution is 7.13. The van der Waals surface area contributed by atoms with Gasteiger partial charge in [-0.25, -0.2) is 10.5 Å². The van der Waals surface area contributed by atoms with Gasteiger partial charge in [0.1, 0.15) is 5.01 Å². The van der Waals surface area contributed by atoms with E-state index in [1.54, 1.807) is 19.3 Å². The number of hydroxylamine groups is 1. The molecule has 0 bridgehead atoms. The second-order valence-electron chi connectivity index (χ2n) is 4.97. The van der Waals surface area contributed by atoms with Crippen LogP contribution in [0.15, 0.2) is 29.6 Å². The van der Waals surface area contributed by atoms with Crippen molar-refractivity contribution in [3.8, 4) is 10.6 Å². The maximum Gasteiger partial charge on any atom is 0.255 e. The zero-order valence-corrected chi connectivity index (χ0v) is 11.9. The van der Waals surface area contributed by atoms with E-state index in [1.165, 1.54) is 16.9 Å². The Labute approximate surface area is 116 Å². The number of amides is 1. The molecule has 0 spiro atoms. The van der Waals surface area contributed by atoms with Crippen molar-refractivity contribution in [1.29, 1.82) is 0 Å². The smallest absolute Gasteiger partial charge is 0.255 e. The summed E-state index contributed by atoms with van der Waals surface area (Å²) >= 11 is 1.49. The third-order valence-electron chi connectivity index (χ3n) is 3.11. The topological polar surface area (TPSA) is 62.2 Å². The van der Waals surface area contributed by atoms with Gasteiger partial charge >= 0.3 is 0 Å². The zero-order valence-electron chi connectivity index (χ0n) is 11.1. The molecule has 0 fully saturated rings. The van der Waals surface area contributed by atoms with Crippen molar-refractivity contribution in [2.24, 2.45) is 0 Å². The number of hydrogen-bond acceptors (Lipinski definition) is 4. The molecule has 19 heavy (non-hydrogen) atoms. The Morgan fingerprint density at radius 2 is 1.95 bits per heavy atom. The van der Waals surface area contributed by atoms with Crippen LogP contribution in [0.25, 0.3) is 10.6 Å². The van der Waals surface area contributed by atoms with E-state index >= 15 is 0 Å². The summed E-state index contributed by atoms with van der Waals surface area (Å²) in [4.78, 5) is 16.1. The Morgan fingerprint density at radius 3 is 2.53 bits per heavy atom. The number of nitrogens with one attached hydrogen (secondary N) is 1. The minimum Gasteiger partial charge on any atom is -0.289 e. The molecule has 1 amide bonds. The van der Waals surface area contributed by atoms with Gasteiger partial charge in [0.05, 0.1) is 11.1 Å². The molecule has 0 aliphatic heterocycles. The average molecular weight is 276 g/mol. The molecule has 2 N–H and O–H groups in total. The SMILES string of the molecule is Cc1ccc(-c2nc(C(C)(C)C(=O)NO)cs2)cc1. The fraction of sp³-hybridized carbons (Fsp3) is 0.286. The summed E-state index contributed by atoms with van der Waals surface area (Å²) in [5.74, 6) is -0.465. The van der Waals surface area contributed by atoms with Crippen molar-refractivity contribution in [3.63, 3.8) is 0 Å². The maximum absolute atomic E-state index is 11.6. The number of carbonyl (C=O) groups excluding carboxylic acids is 1. The molecule has 1 aromatic carbocycles. The molecule has 5 heteroatoms. The maximum atomic E-state index is 11.6. The van der Waals surface area contributed by atoms with E-state index in [9.17, 15) is 4.79 Å². The number of thiazole rings is 1. The van der Waals surface area contributed by atoms with Gasteiger partial charge in [0, 0.05) is 10.9 Å². The number of carbonyl (C=O) groups is 1. The molecule has 0 radical (unpaired) electrons. The predicted molar refractivity (Wildman–Crippen MR) is 75.2 cm³/mol. The lowest BCUT2D eigenvalue weighted by Gasteiger charge is -2.18. The van der Waals surface area contributed by atoms with E-state index in [1.807, 2.05) is 36.6 Å². The first-order valence-corrected chi connectivity index (χ1v) is 6.80. The standard InChI is InChI=1S/C14H16N2O2S/c1-9-4-6-10(7-5-9)12-15-11(8-19-12)14(2,3)13(17)16-18/h4-8,18H,1-3H3,(H,16,17). The van der Waals surface area contributed by atoms with Crippen LogP contribution in [0.1, 0.15) is 25.1 Å². The molecule has 1 heterocycles. The second-order valence-corrected chi connectivity index (χ2v) is 5.83. The van der Waals surface area contributed by atoms with E-state index < -0.39 is 11.3 Å². The number of hydrogen-bond donors (Lipinski definition) is 2. The van der Waals surface area contributed by atoms with Crippen molar-refractivity contribution in [2.45, 2.75) is 26.2 Å². The van der Waals surface area contributed by atoms with Crippen LogP contribution in [0.4, 0.5) is 0 Å². The van der Waals surface area contributed by atoms with Gasteiger partial charge in [0.2, 0.25) is 0 Å². The largest absolute Gasteiger partial charge is 0.289 e. The van der Waals surface area contributed by atoms with Gasteiger partial charge in [0.15, 0.2) is 0 Å². The predicted octanol–water partition coefficient (Wildman–Crippen LogP) is 2.90. The number of aryl methyl sites for hydroxylation is 1. The van der Waals surface area contributed by atoms with Crippen LogP contribution in [0.3, 0.4) is 0 Å². The summed E-state index contributed by atoms with van der Waals surface area (Å²) in [6.45, 7) is 5.49. The first kappa shape index (κ1) is 13.7. The lowest BCUT2D eigenvalue weighted by Crippen LogP contribution is -2.38. The van der Waals surface area contributed by atoms with Crippen molar-refractivity contribution in [3.05, 3.63) is 40.9 Å². The molecular formula is C14H16N2O2S. The molecule has 4 nitrogen and oxygen atoms in total. The molecular weight excluding hydrogens is 260 g/mol.